The van der Waals surface area contributed by atoms with Gasteiger partial charge in [-0.1, -0.05) is 0 Å². The second-order valence-electron chi connectivity index (χ2n) is 5.37. The molecule has 0 aromatic carbocycles. The molecular formula is C12H19N5O. The topological polar surface area (TPSA) is 77.2 Å². The van der Waals surface area contributed by atoms with Crippen LogP contribution < -0.4 is 10.6 Å². The summed E-state index contributed by atoms with van der Waals surface area (Å²) >= 11 is 0. The van der Waals surface area contributed by atoms with Crippen molar-refractivity contribution in [3.63, 3.8) is 0 Å². The van der Waals surface area contributed by atoms with Crippen LogP contribution in [0.1, 0.15) is 18.5 Å². The minimum Gasteiger partial charge on any atom is -0.379 e. The first kappa shape index (κ1) is 11.8. The molecule has 2 aliphatic heterocycles. The molecule has 1 atom stereocenters. The van der Waals surface area contributed by atoms with E-state index < -0.39 is 0 Å². The average molecular weight is 249 g/mol. The molecule has 0 radical (unpaired) electrons. The van der Waals surface area contributed by atoms with Crippen LogP contribution in [0.15, 0.2) is 6.20 Å². The summed E-state index contributed by atoms with van der Waals surface area (Å²) in [5.41, 5.74) is 7.18. The molecule has 6 nitrogen and oxygen atoms in total. The monoisotopic (exact) mass is 249 g/mol. The van der Waals surface area contributed by atoms with E-state index in [2.05, 4.69) is 20.1 Å². The standard InChI is InChI=1S/C12H19N5O/c1-9-6-14-11(16-15-9)17-4-2-12(3-5-17)8-18-7-10(12)13/h6,10H,2-5,7-8,13H2,1H3/t10-/m1/s1. The zero-order valence-electron chi connectivity index (χ0n) is 10.7. The van der Waals surface area contributed by atoms with Gasteiger partial charge < -0.3 is 15.4 Å². The van der Waals surface area contributed by atoms with Gasteiger partial charge in [-0.25, -0.2) is 4.98 Å². The zero-order chi connectivity index (χ0) is 12.6. The van der Waals surface area contributed by atoms with Gasteiger partial charge in [0.15, 0.2) is 0 Å². The fraction of sp³-hybridized carbons (Fsp3) is 0.750. The lowest BCUT2D eigenvalue weighted by Crippen LogP contribution is -2.49. The number of anilines is 1. The molecule has 1 aromatic rings. The Balaban J connectivity index is 1.68. The molecular weight excluding hydrogens is 230 g/mol. The van der Waals surface area contributed by atoms with Gasteiger partial charge in [-0.15, -0.1) is 5.10 Å². The summed E-state index contributed by atoms with van der Waals surface area (Å²) in [6, 6.07) is 0.178. The van der Waals surface area contributed by atoms with Crippen LogP contribution in [0, 0.1) is 12.3 Å². The summed E-state index contributed by atoms with van der Waals surface area (Å²) in [7, 11) is 0. The van der Waals surface area contributed by atoms with Crippen molar-refractivity contribution in [2.45, 2.75) is 25.8 Å². The van der Waals surface area contributed by atoms with E-state index in [9.17, 15) is 0 Å². The third-order valence-corrected chi connectivity index (χ3v) is 4.18. The van der Waals surface area contributed by atoms with Crippen LogP contribution in [0.2, 0.25) is 0 Å². The average Bonchev–Trinajstić information content (AvgIpc) is 2.73. The van der Waals surface area contributed by atoms with Crippen LogP contribution in [0.3, 0.4) is 0 Å². The normalized spacial score (nSPS) is 26.8. The molecule has 1 spiro atoms. The van der Waals surface area contributed by atoms with Gasteiger partial charge in [-0.2, -0.15) is 5.10 Å². The molecule has 2 fully saturated rings. The number of nitrogens with two attached hydrogens (primary N) is 1. The Morgan fingerprint density at radius 3 is 2.72 bits per heavy atom. The van der Waals surface area contributed by atoms with Crippen LogP contribution in [-0.4, -0.2) is 47.5 Å². The maximum absolute atomic E-state index is 6.16. The summed E-state index contributed by atoms with van der Waals surface area (Å²) in [6.45, 7) is 5.26. The van der Waals surface area contributed by atoms with E-state index in [1.807, 2.05) is 6.92 Å². The molecule has 2 aliphatic rings. The van der Waals surface area contributed by atoms with Crippen molar-refractivity contribution in [1.82, 2.24) is 15.2 Å². The van der Waals surface area contributed by atoms with E-state index in [4.69, 9.17) is 10.5 Å². The van der Waals surface area contributed by atoms with Crippen molar-refractivity contribution in [2.75, 3.05) is 31.2 Å². The molecule has 18 heavy (non-hydrogen) atoms. The molecule has 0 saturated carbocycles. The summed E-state index contributed by atoms with van der Waals surface area (Å²) < 4.78 is 5.52. The van der Waals surface area contributed by atoms with Crippen molar-refractivity contribution in [3.8, 4) is 0 Å². The summed E-state index contributed by atoms with van der Waals surface area (Å²) in [4.78, 5) is 6.51. The number of aryl methyl sites for hydroxylation is 1. The number of nitrogens with zero attached hydrogens (tertiary/aromatic N) is 4. The zero-order valence-corrected chi connectivity index (χ0v) is 10.7. The van der Waals surface area contributed by atoms with Gasteiger partial charge in [0.2, 0.25) is 5.95 Å². The minimum atomic E-state index is 0.175. The number of ether oxygens (including phenoxy) is 1. The van der Waals surface area contributed by atoms with Gasteiger partial charge in [-0.05, 0) is 19.8 Å². The van der Waals surface area contributed by atoms with Crippen molar-refractivity contribution in [3.05, 3.63) is 11.9 Å². The quantitative estimate of drug-likeness (QED) is 0.762. The lowest BCUT2D eigenvalue weighted by molar-refractivity contribution is 0.131. The first-order valence-corrected chi connectivity index (χ1v) is 6.44. The van der Waals surface area contributed by atoms with Gasteiger partial charge in [0.1, 0.15) is 0 Å². The van der Waals surface area contributed by atoms with E-state index in [0.717, 1.165) is 44.2 Å². The Hall–Kier alpha value is -1.27. The highest BCUT2D eigenvalue weighted by atomic mass is 16.5. The Morgan fingerprint density at radius 1 is 1.39 bits per heavy atom. The van der Waals surface area contributed by atoms with Gasteiger partial charge in [-0.3, -0.25) is 0 Å². The molecule has 1 aromatic heterocycles. The highest BCUT2D eigenvalue weighted by molar-refractivity contribution is 5.29. The van der Waals surface area contributed by atoms with Crippen LogP contribution >= 0.6 is 0 Å². The third kappa shape index (κ3) is 1.95. The van der Waals surface area contributed by atoms with Crippen molar-refractivity contribution in [1.29, 1.82) is 0 Å². The van der Waals surface area contributed by atoms with Gasteiger partial charge >= 0.3 is 0 Å². The molecule has 3 rings (SSSR count). The smallest absolute Gasteiger partial charge is 0.245 e. The molecule has 0 amide bonds. The highest BCUT2D eigenvalue weighted by Gasteiger charge is 2.44. The number of piperidine rings is 1. The Labute approximate surface area is 107 Å². The number of rotatable bonds is 1. The summed E-state index contributed by atoms with van der Waals surface area (Å²) in [5, 5.41) is 8.19. The molecule has 0 unspecified atom stereocenters. The van der Waals surface area contributed by atoms with Crippen LogP contribution in [0.25, 0.3) is 0 Å². The maximum atomic E-state index is 6.16. The van der Waals surface area contributed by atoms with Crippen LogP contribution in [0.5, 0.6) is 0 Å². The first-order valence-electron chi connectivity index (χ1n) is 6.44. The Morgan fingerprint density at radius 2 is 2.17 bits per heavy atom. The molecule has 98 valence electrons. The third-order valence-electron chi connectivity index (χ3n) is 4.18. The van der Waals surface area contributed by atoms with Crippen LogP contribution in [0.4, 0.5) is 5.95 Å². The van der Waals surface area contributed by atoms with Crippen molar-refractivity contribution in [2.24, 2.45) is 11.1 Å². The lowest BCUT2D eigenvalue weighted by atomic mass is 9.75. The van der Waals surface area contributed by atoms with Gasteiger partial charge in [0.25, 0.3) is 0 Å². The molecule has 2 N–H and O–H groups in total. The largest absolute Gasteiger partial charge is 0.379 e. The molecule has 0 aliphatic carbocycles. The second kappa shape index (κ2) is 4.44. The van der Waals surface area contributed by atoms with Crippen LogP contribution in [-0.2, 0) is 4.74 Å². The van der Waals surface area contributed by atoms with E-state index in [0.29, 0.717) is 6.61 Å². The first-order chi connectivity index (χ1) is 8.70. The Bertz CT molecular complexity index is 413. The predicted molar refractivity (Wildman–Crippen MR) is 67.2 cm³/mol. The number of aromatic nitrogens is 3. The number of hydrogen-bond acceptors (Lipinski definition) is 6. The molecule has 6 heteroatoms. The van der Waals surface area contributed by atoms with E-state index in [1.165, 1.54) is 0 Å². The van der Waals surface area contributed by atoms with E-state index in [-0.39, 0.29) is 11.5 Å². The fourth-order valence-electron chi connectivity index (χ4n) is 2.81. The van der Waals surface area contributed by atoms with Crippen molar-refractivity contribution >= 4 is 5.95 Å². The predicted octanol–water partition coefficient (Wildman–Crippen LogP) is 0.124. The van der Waals surface area contributed by atoms with Gasteiger partial charge in [0, 0.05) is 24.5 Å². The maximum Gasteiger partial charge on any atom is 0.245 e. The fourth-order valence-corrected chi connectivity index (χ4v) is 2.81. The highest BCUT2D eigenvalue weighted by Crippen LogP contribution is 2.38. The lowest BCUT2D eigenvalue weighted by Gasteiger charge is -2.40. The molecule has 3 heterocycles. The van der Waals surface area contributed by atoms with E-state index >= 15 is 0 Å². The SMILES string of the molecule is Cc1cnc(N2CCC3(CC2)COC[C@H]3N)nn1. The summed E-state index contributed by atoms with van der Waals surface area (Å²) in [6.07, 6.45) is 3.86. The number of hydrogen-bond donors (Lipinski definition) is 1. The van der Waals surface area contributed by atoms with Crippen molar-refractivity contribution < 1.29 is 4.74 Å². The summed E-state index contributed by atoms with van der Waals surface area (Å²) in [5.74, 6) is 0.725. The Kier molecular flexibility index (Phi) is 2.91. The minimum absolute atomic E-state index is 0.175. The molecule has 2 saturated heterocycles. The molecule has 0 bridgehead atoms. The van der Waals surface area contributed by atoms with E-state index in [1.54, 1.807) is 6.20 Å². The van der Waals surface area contributed by atoms with Gasteiger partial charge in [0.05, 0.1) is 25.1 Å². The second-order valence-corrected chi connectivity index (χ2v) is 5.37.